The second-order valence-electron chi connectivity index (χ2n) is 9.22. The van der Waals surface area contributed by atoms with Crippen molar-refractivity contribution in [1.82, 2.24) is 0 Å². The molecule has 0 unspecified atom stereocenters. The van der Waals surface area contributed by atoms with Crippen LogP contribution in [0.2, 0.25) is 18.1 Å². The van der Waals surface area contributed by atoms with Gasteiger partial charge in [-0.25, -0.2) is 0 Å². The minimum absolute atomic E-state index is 0.0159. The molecule has 0 atom stereocenters. The van der Waals surface area contributed by atoms with Crippen molar-refractivity contribution in [3.05, 3.63) is 47.1 Å². The summed E-state index contributed by atoms with van der Waals surface area (Å²) in [6.07, 6.45) is 7.73. The van der Waals surface area contributed by atoms with Crippen LogP contribution in [0, 0.1) is 6.92 Å². The molecular formula is C22H34OSi. The highest BCUT2D eigenvalue weighted by Gasteiger charge is 2.41. The molecule has 1 aromatic rings. The van der Waals surface area contributed by atoms with Crippen molar-refractivity contribution in [1.29, 1.82) is 0 Å². The molecule has 0 bridgehead atoms. The maximum atomic E-state index is 6.05. The molecule has 0 amide bonds. The Kier molecular flexibility index (Phi) is 4.93. The van der Waals surface area contributed by atoms with E-state index in [-0.39, 0.29) is 10.5 Å². The minimum atomic E-state index is -1.69. The summed E-state index contributed by atoms with van der Waals surface area (Å²) in [6, 6.07) is 4.70. The molecule has 0 aliphatic heterocycles. The third-order valence-electron chi connectivity index (χ3n) is 6.23. The molecule has 132 valence electrons. The quantitative estimate of drug-likeness (QED) is 0.621. The summed E-state index contributed by atoms with van der Waals surface area (Å²) in [6.45, 7) is 18.9. The molecule has 0 spiro atoms. The van der Waals surface area contributed by atoms with Crippen LogP contribution in [0.5, 0.6) is 5.75 Å². The Balaban J connectivity index is 2.71. The topological polar surface area (TPSA) is 9.23 Å². The van der Waals surface area contributed by atoms with Crippen LogP contribution in [-0.2, 0) is 5.41 Å². The van der Waals surface area contributed by atoms with E-state index in [4.69, 9.17) is 4.74 Å². The number of hydrogen-bond donors (Lipinski definition) is 0. The lowest BCUT2D eigenvalue weighted by Crippen LogP contribution is -2.50. The SMILES string of the molecule is COc1c(C(C)(C)C2=CC=CC2)cc(C)cc1[Si](C)(C)C(C)(C)C. The third kappa shape index (κ3) is 3.13. The van der Waals surface area contributed by atoms with E-state index in [2.05, 4.69) is 85.0 Å². The molecule has 0 saturated heterocycles. The number of hydrogen-bond acceptors (Lipinski definition) is 1. The smallest absolute Gasteiger partial charge is 0.122 e. The van der Waals surface area contributed by atoms with Gasteiger partial charge >= 0.3 is 0 Å². The van der Waals surface area contributed by atoms with E-state index in [0.717, 1.165) is 12.2 Å². The van der Waals surface area contributed by atoms with Crippen LogP contribution in [0.3, 0.4) is 0 Å². The second-order valence-corrected chi connectivity index (χ2v) is 14.5. The summed E-state index contributed by atoms with van der Waals surface area (Å²) in [5, 5.41) is 1.73. The van der Waals surface area contributed by atoms with E-state index in [1.54, 1.807) is 0 Å². The van der Waals surface area contributed by atoms with Gasteiger partial charge in [0.15, 0.2) is 0 Å². The molecule has 0 heterocycles. The zero-order chi connectivity index (χ0) is 18.3. The van der Waals surface area contributed by atoms with Gasteiger partial charge in [-0.3, -0.25) is 0 Å². The highest BCUT2D eigenvalue weighted by molar-refractivity contribution is 6.92. The Bertz CT molecular complexity index is 685. The summed E-state index contributed by atoms with van der Waals surface area (Å²) >= 11 is 0. The fraction of sp³-hybridized carbons (Fsp3) is 0.545. The number of aryl methyl sites for hydroxylation is 1. The van der Waals surface area contributed by atoms with Crippen molar-refractivity contribution in [3.63, 3.8) is 0 Å². The number of methoxy groups -OCH3 is 1. The monoisotopic (exact) mass is 342 g/mol. The van der Waals surface area contributed by atoms with Gasteiger partial charge in [-0.05, 0) is 23.6 Å². The van der Waals surface area contributed by atoms with Gasteiger partial charge < -0.3 is 4.74 Å². The first kappa shape index (κ1) is 19.0. The summed E-state index contributed by atoms with van der Waals surface area (Å²) in [4.78, 5) is 0. The Morgan fingerprint density at radius 1 is 1.04 bits per heavy atom. The van der Waals surface area contributed by atoms with E-state index in [0.29, 0.717) is 0 Å². The van der Waals surface area contributed by atoms with E-state index in [1.807, 2.05) is 7.11 Å². The number of benzene rings is 1. The predicted molar refractivity (Wildman–Crippen MR) is 109 cm³/mol. The first-order valence-electron chi connectivity index (χ1n) is 8.98. The van der Waals surface area contributed by atoms with Crippen molar-refractivity contribution in [2.75, 3.05) is 7.11 Å². The van der Waals surface area contributed by atoms with Gasteiger partial charge in [0, 0.05) is 11.0 Å². The molecule has 2 rings (SSSR count). The Labute approximate surface area is 149 Å². The molecule has 0 radical (unpaired) electrons. The van der Waals surface area contributed by atoms with Crippen molar-refractivity contribution in [2.24, 2.45) is 0 Å². The van der Waals surface area contributed by atoms with Crippen LogP contribution in [0.1, 0.15) is 52.2 Å². The van der Waals surface area contributed by atoms with Gasteiger partial charge in [0.2, 0.25) is 0 Å². The largest absolute Gasteiger partial charge is 0.497 e. The zero-order valence-corrected chi connectivity index (χ0v) is 18.0. The van der Waals surface area contributed by atoms with Gasteiger partial charge in [0.1, 0.15) is 5.75 Å². The lowest BCUT2D eigenvalue weighted by Gasteiger charge is -2.40. The average molecular weight is 343 g/mol. The van der Waals surface area contributed by atoms with E-state index in [9.17, 15) is 0 Å². The molecule has 1 aliphatic carbocycles. The zero-order valence-electron chi connectivity index (χ0n) is 17.0. The highest BCUT2D eigenvalue weighted by Crippen LogP contribution is 2.43. The van der Waals surface area contributed by atoms with Crippen molar-refractivity contribution in [2.45, 2.75) is 71.5 Å². The van der Waals surface area contributed by atoms with Crippen LogP contribution < -0.4 is 9.92 Å². The predicted octanol–water partition coefficient (Wildman–Crippen LogP) is 5.88. The molecule has 2 heteroatoms. The Morgan fingerprint density at radius 3 is 2.12 bits per heavy atom. The summed E-state index contributed by atoms with van der Waals surface area (Å²) in [7, 11) is 0.148. The third-order valence-corrected chi connectivity index (χ3v) is 11.7. The number of allylic oxidation sites excluding steroid dienone is 4. The van der Waals surface area contributed by atoms with E-state index >= 15 is 0 Å². The lowest BCUT2D eigenvalue weighted by molar-refractivity contribution is 0.402. The number of ether oxygens (including phenoxy) is 1. The normalized spacial score (nSPS) is 15.6. The average Bonchev–Trinajstić information content (AvgIpc) is 3.00. The number of rotatable bonds is 4. The van der Waals surface area contributed by atoms with Crippen LogP contribution in [0.4, 0.5) is 0 Å². The van der Waals surface area contributed by atoms with Gasteiger partial charge in [-0.1, -0.05) is 89.2 Å². The van der Waals surface area contributed by atoms with Crippen LogP contribution >= 0.6 is 0 Å². The summed E-state index contributed by atoms with van der Waals surface area (Å²) in [5.41, 5.74) is 4.12. The van der Waals surface area contributed by atoms with E-state index in [1.165, 1.54) is 21.9 Å². The second kappa shape index (κ2) is 6.22. The van der Waals surface area contributed by atoms with Crippen molar-refractivity contribution < 1.29 is 4.74 Å². The Hall–Kier alpha value is -1.28. The molecule has 24 heavy (non-hydrogen) atoms. The molecule has 0 saturated carbocycles. The first-order chi connectivity index (χ1) is 10.9. The van der Waals surface area contributed by atoms with Gasteiger partial charge in [-0.15, -0.1) is 0 Å². The highest BCUT2D eigenvalue weighted by atomic mass is 28.3. The van der Waals surface area contributed by atoms with Crippen LogP contribution in [0.15, 0.2) is 35.9 Å². The lowest BCUT2D eigenvalue weighted by atomic mass is 9.76. The van der Waals surface area contributed by atoms with Gasteiger partial charge in [-0.2, -0.15) is 0 Å². The van der Waals surface area contributed by atoms with Crippen molar-refractivity contribution in [3.8, 4) is 5.75 Å². The standard InChI is InChI=1S/C22H34OSi/c1-16-14-18(22(5,6)17-12-10-11-13-17)20(23-7)19(15-16)24(8,9)21(2,3)4/h10-12,14-15H,13H2,1-9H3. The minimum Gasteiger partial charge on any atom is -0.497 e. The maximum Gasteiger partial charge on any atom is 0.122 e. The molecule has 0 N–H and O–H groups in total. The van der Waals surface area contributed by atoms with Crippen LogP contribution in [-0.4, -0.2) is 15.2 Å². The van der Waals surface area contributed by atoms with Crippen molar-refractivity contribution >= 4 is 13.3 Å². The van der Waals surface area contributed by atoms with Gasteiger partial charge in [0.25, 0.3) is 0 Å². The molecule has 1 nitrogen and oxygen atoms in total. The van der Waals surface area contributed by atoms with E-state index < -0.39 is 8.07 Å². The molecule has 0 aromatic heterocycles. The fourth-order valence-electron chi connectivity index (χ4n) is 3.41. The summed E-state index contributed by atoms with van der Waals surface area (Å²) < 4.78 is 6.05. The molecule has 0 fully saturated rings. The summed E-state index contributed by atoms with van der Waals surface area (Å²) in [5.74, 6) is 1.12. The molecule has 1 aliphatic rings. The first-order valence-corrected chi connectivity index (χ1v) is 12.0. The van der Waals surface area contributed by atoms with Crippen LogP contribution in [0.25, 0.3) is 0 Å². The fourth-order valence-corrected chi connectivity index (χ4v) is 5.61. The molecule has 1 aromatic carbocycles. The molecular weight excluding hydrogens is 308 g/mol. The Morgan fingerprint density at radius 2 is 1.67 bits per heavy atom. The maximum absolute atomic E-state index is 6.05. The van der Waals surface area contributed by atoms with Gasteiger partial charge in [0.05, 0.1) is 15.2 Å².